The number of carbonyl (C=O) groups excluding carboxylic acids is 2. The molecule has 38 heavy (non-hydrogen) atoms. The molecule has 0 aromatic heterocycles. The van der Waals surface area contributed by atoms with Gasteiger partial charge in [0.25, 0.3) is 0 Å². The van der Waals surface area contributed by atoms with Crippen molar-refractivity contribution in [3.8, 4) is 0 Å². The van der Waals surface area contributed by atoms with Gasteiger partial charge in [-0.15, -0.1) is 0 Å². The molecule has 0 radical (unpaired) electrons. The van der Waals surface area contributed by atoms with Gasteiger partial charge in [-0.1, -0.05) is 20.8 Å². The normalized spacial score (nSPS) is 11.5. The second kappa shape index (κ2) is 33.6. The van der Waals surface area contributed by atoms with E-state index in [0.29, 0.717) is 118 Å². The maximum Gasteiger partial charge on any atom is 0.220 e. The molecule has 1 unspecified atom stereocenters. The Balaban J connectivity index is 0. The third-order valence-corrected chi connectivity index (χ3v) is 4.72. The smallest absolute Gasteiger partial charge is 0.220 e. The summed E-state index contributed by atoms with van der Waals surface area (Å²) in [5.74, 6) is -0.159. The van der Waals surface area contributed by atoms with E-state index in [2.05, 4.69) is 17.6 Å². The SMILES string of the molecule is CC.CCCOCCOCCOCCNC(=O)CCC(N)CCC(=O)NCCOCCOCCOCCN. The minimum Gasteiger partial charge on any atom is -0.379 e. The highest BCUT2D eigenvalue weighted by Crippen LogP contribution is 2.02. The van der Waals surface area contributed by atoms with Crippen LogP contribution in [0.5, 0.6) is 0 Å². The van der Waals surface area contributed by atoms with Gasteiger partial charge in [0.1, 0.15) is 0 Å². The topological polar surface area (TPSA) is 166 Å². The Hall–Kier alpha value is -1.38. The van der Waals surface area contributed by atoms with Crippen LogP contribution in [-0.4, -0.2) is 117 Å². The molecule has 0 aromatic rings. The van der Waals surface area contributed by atoms with E-state index in [1.807, 2.05) is 13.8 Å². The van der Waals surface area contributed by atoms with Crippen LogP contribution in [0.3, 0.4) is 0 Å². The molecule has 0 aliphatic heterocycles. The Morgan fingerprint density at radius 3 is 1.32 bits per heavy atom. The maximum absolute atomic E-state index is 11.9. The van der Waals surface area contributed by atoms with E-state index in [-0.39, 0.29) is 17.9 Å². The van der Waals surface area contributed by atoms with Crippen molar-refractivity contribution < 1.29 is 38.0 Å². The lowest BCUT2D eigenvalue weighted by Crippen LogP contribution is -2.31. The molecule has 0 rings (SSSR count). The maximum atomic E-state index is 11.9. The molecule has 0 aromatic carbocycles. The van der Waals surface area contributed by atoms with Gasteiger partial charge in [0.05, 0.1) is 72.7 Å². The van der Waals surface area contributed by atoms with Gasteiger partial charge in [0.15, 0.2) is 0 Å². The van der Waals surface area contributed by atoms with Crippen LogP contribution in [0.4, 0.5) is 0 Å². The largest absolute Gasteiger partial charge is 0.379 e. The van der Waals surface area contributed by atoms with Crippen molar-refractivity contribution in [2.75, 3.05) is 98.9 Å². The third-order valence-electron chi connectivity index (χ3n) is 4.72. The molecule has 2 amide bonds. The van der Waals surface area contributed by atoms with Gasteiger partial charge < -0.3 is 50.5 Å². The molecular weight excluding hydrogens is 496 g/mol. The van der Waals surface area contributed by atoms with Crippen LogP contribution in [0, 0.1) is 0 Å². The van der Waals surface area contributed by atoms with Crippen molar-refractivity contribution in [1.82, 2.24) is 10.6 Å². The highest BCUT2D eigenvalue weighted by Gasteiger charge is 2.09. The summed E-state index contributed by atoms with van der Waals surface area (Å²) in [6.07, 6.45) is 2.68. The molecule has 0 aliphatic carbocycles. The second-order valence-electron chi connectivity index (χ2n) is 8.00. The zero-order valence-corrected chi connectivity index (χ0v) is 24.1. The minimum absolute atomic E-state index is 0.0768. The number of ether oxygens (including phenoxy) is 6. The lowest BCUT2D eigenvalue weighted by Gasteiger charge is -2.12. The van der Waals surface area contributed by atoms with Crippen molar-refractivity contribution >= 4 is 11.8 Å². The molecule has 0 saturated carbocycles. The monoisotopic (exact) mass is 552 g/mol. The first kappa shape index (κ1) is 38.8. The minimum atomic E-state index is -0.210. The van der Waals surface area contributed by atoms with Gasteiger partial charge in [0, 0.05) is 45.1 Å². The first-order valence-electron chi connectivity index (χ1n) is 14.1. The Bertz CT molecular complexity index is 462. The molecule has 12 heteroatoms. The van der Waals surface area contributed by atoms with Crippen LogP contribution in [0.25, 0.3) is 0 Å². The summed E-state index contributed by atoms with van der Waals surface area (Å²) < 4.78 is 32.0. The third kappa shape index (κ3) is 32.6. The van der Waals surface area contributed by atoms with Crippen LogP contribution in [0.1, 0.15) is 52.9 Å². The van der Waals surface area contributed by atoms with E-state index < -0.39 is 0 Å². The molecular formula is C26H56N4O8. The molecule has 0 saturated heterocycles. The molecule has 0 bridgehead atoms. The summed E-state index contributed by atoms with van der Waals surface area (Å²) in [6.45, 7) is 13.6. The fourth-order valence-electron chi connectivity index (χ4n) is 2.79. The van der Waals surface area contributed by atoms with Crippen molar-refractivity contribution in [3.63, 3.8) is 0 Å². The highest BCUT2D eigenvalue weighted by atomic mass is 16.5. The Kier molecular flexibility index (Phi) is 34.3. The van der Waals surface area contributed by atoms with E-state index in [0.717, 1.165) is 13.0 Å². The molecule has 228 valence electrons. The summed E-state index contributed by atoms with van der Waals surface area (Å²) in [4.78, 5) is 23.8. The number of amides is 2. The Morgan fingerprint density at radius 2 is 0.947 bits per heavy atom. The molecule has 0 spiro atoms. The van der Waals surface area contributed by atoms with Crippen molar-refractivity contribution in [3.05, 3.63) is 0 Å². The Labute approximate surface area is 230 Å². The van der Waals surface area contributed by atoms with E-state index in [1.54, 1.807) is 0 Å². The standard InChI is InChI=1S/C24H50N4O8.C2H6/c1-2-10-31-14-18-35-20-16-33-12-8-27-23(29)5-3-22(26)4-6-24(30)28-9-13-34-17-21-36-19-15-32-11-7-25;1-2/h22H,2-21,25-26H2,1H3,(H,27,29)(H,28,30);1-2H3. The first-order chi connectivity index (χ1) is 18.6. The summed E-state index contributed by atoms with van der Waals surface area (Å²) >= 11 is 0. The van der Waals surface area contributed by atoms with E-state index in [1.165, 1.54) is 0 Å². The number of nitrogens with two attached hydrogens (primary N) is 2. The fraction of sp³-hybridized carbons (Fsp3) is 0.923. The predicted octanol–water partition coefficient (Wildman–Crippen LogP) is 0.601. The van der Waals surface area contributed by atoms with Crippen molar-refractivity contribution in [2.24, 2.45) is 11.5 Å². The quantitative estimate of drug-likeness (QED) is 0.101. The number of rotatable bonds is 28. The van der Waals surface area contributed by atoms with Crippen LogP contribution in [0.15, 0.2) is 0 Å². The molecule has 6 N–H and O–H groups in total. The Morgan fingerprint density at radius 1 is 0.605 bits per heavy atom. The lowest BCUT2D eigenvalue weighted by atomic mass is 10.1. The predicted molar refractivity (Wildman–Crippen MR) is 148 cm³/mol. The van der Waals surface area contributed by atoms with Crippen LogP contribution >= 0.6 is 0 Å². The molecule has 1 atom stereocenters. The highest BCUT2D eigenvalue weighted by molar-refractivity contribution is 5.76. The van der Waals surface area contributed by atoms with E-state index >= 15 is 0 Å². The second-order valence-corrected chi connectivity index (χ2v) is 8.00. The zero-order chi connectivity index (χ0) is 28.5. The van der Waals surface area contributed by atoms with Crippen molar-refractivity contribution in [2.45, 2.75) is 58.9 Å². The van der Waals surface area contributed by atoms with E-state index in [4.69, 9.17) is 39.9 Å². The zero-order valence-electron chi connectivity index (χ0n) is 24.1. The van der Waals surface area contributed by atoms with Gasteiger partial charge >= 0.3 is 0 Å². The molecule has 0 heterocycles. The number of hydrogen-bond acceptors (Lipinski definition) is 10. The summed E-state index contributed by atoms with van der Waals surface area (Å²) in [7, 11) is 0. The van der Waals surface area contributed by atoms with Crippen LogP contribution in [-0.2, 0) is 38.0 Å². The van der Waals surface area contributed by atoms with Gasteiger partial charge in [0.2, 0.25) is 11.8 Å². The number of nitrogens with one attached hydrogen (secondary N) is 2. The molecule has 0 fully saturated rings. The fourth-order valence-corrected chi connectivity index (χ4v) is 2.79. The van der Waals surface area contributed by atoms with Gasteiger partial charge in [-0.2, -0.15) is 0 Å². The summed E-state index contributed by atoms with van der Waals surface area (Å²) in [5, 5.41) is 5.59. The lowest BCUT2D eigenvalue weighted by molar-refractivity contribution is -0.121. The van der Waals surface area contributed by atoms with E-state index in [9.17, 15) is 9.59 Å². The molecule has 0 aliphatic rings. The summed E-state index contributed by atoms with van der Waals surface area (Å²) in [6, 6.07) is -0.210. The summed E-state index contributed by atoms with van der Waals surface area (Å²) in [5.41, 5.74) is 11.3. The average molecular weight is 553 g/mol. The molecule has 12 nitrogen and oxygen atoms in total. The van der Waals surface area contributed by atoms with Crippen molar-refractivity contribution in [1.29, 1.82) is 0 Å². The average Bonchev–Trinajstić information content (AvgIpc) is 2.93. The number of carbonyl (C=O) groups is 2. The van der Waals surface area contributed by atoms with Gasteiger partial charge in [-0.3, -0.25) is 9.59 Å². The van der Waals surface area contributed by atoms with Crippen LogP contribution in [0.2, 0.25) is 0 Å². The van der Waals surface area contributed by atoms with Gasteiger partial charge in [-0.05, 0) is 19.3 Å². The van der Waals surface area contributed by atoms with Crippen LogP contribution < -0.4 is 22.1 Å². The first-order valence-corrected chi connectivity index (χ1v) is 14.1. The number of hydrogen-bond donors (Lipinski definition) is 4. The van der Waals surface area contributed by atoms with Gasteiger partial charge in [-0.25, -0.2) is 0 Å².